The number of likely N-dealkylation sites (tertiary alicyclic amines) is 1. The number of rotatable bonds is 4. The maximum atomic E-state index is 12.2. The highest BCUT2D eigenvalue weighted by molar-refractivity contribution is 5.85. The van der Waals surface area contributed by atoms with Gasteiger partial charge >= 0.3 is 6.03 Å². The maximum Gasteiger partial charge on any atom is 0.317 e. The molecule has 1 atom stereocenters. The van der Waals surface area contributed by atoms with E-state index in [1.165, 1.54) is 12.8 Å². The van der Waals surface area contributed by atoms with Crippen LogP contribution in [-0.4, -0.2) is 104 Å². The third kappa shape index (κ3) is 4.81. The highest BCUT2D eigenvalue weighted by Crippen LogP contribution is 2.13. The van der Waals surface area contributed by atoms with Crippen LogP contribution < -0.4 is 5.32 Å². The van der Waals surface area contributed by atoms with Gasteiger partial charge in [0, 0.05) is 38.8 Å². The van der Waals surface area contributed by atoms with E-state index in [-0.39, 0.29) is 24.5 Å². The molecular weight excluding hydrogens is 294 g/mol. The summed E-state index contributed by atoms with van der Waals surface area (Å²) in [5, 5.41) is 2.95. The van der Waals surface area contributed by atoms with Crippen molar-refractivity contribution in [2.24, 2.45) is 0 Å². The summed E-state index contributed by atoms with van der Waals surface area (Å²) >= 11 is 0. The molecule has 2 saturated heterocycles. The van der Waals surface area contributed by atoms with E-state index in [0.29, 0.717) is 19.1 Å². The van der Waals surface area contributed by atoms with E-state index in [4.69, 9.17) is 0 Å². The molecule has 1 N–H and O–H groups in total. The Kier molecular flexibility index (Phi) is 6.24. The van der Waals surface area contributed by atoms with Gasteiger partial charge in [-0.05, 0) is 47.0 Å². The van der Waals surface area contributed by atoms with Crippen LogP contribution in [0.3, 0.4) is 0 Å². The fourth-order valence-electron chi connectivity index (χ4n) is 3.27. The van der Waals surface area contributed by atoms with Crippen molar-refractivity contribution in [1.82, 2.24) is 24.9 Å². The minimum atomic E-state index is -0.124. The van der Waals surface area contributed by atoms with E-state index >= 15 is 0 Å². The van der Waals surface area contributed by atoms with Gasteiger partial charge in [-0.15, -0.1) is 0 Å². The molecule has 3 amide bonds. The zero-order valence-corrected chi connectivity index (χ0v) is 14.9. The van der Waals surface area contributed by atoms with Crippen molar-refractivity contribution < 1.29 is 9.59 Å². The van der Waals surface area contributed by atoms with Gasteiger partial charge in [0.25, 0.3) is 0 Å². The van der Waals surface area contributed by atoms with Gasteiger partial charge in [0.05, 0.1) is 0 Å². The van der Waals surface area contributed by atoms with Crippen LogP contribution >= 0.6 is 0 Å². The van der Waals surface area contributed by atoms with Gasteiger partial charge in [0.2, 0.25) is 5.91 Å². The molecular formula is C16H31N5O2. The number of carbonyl (C=O) groups excluding carboxylic acids is 2. The molecule has 0 aliphatic carbocycles. The Morgan fingerprint density at radius 2 is 1.96 bits per heavy atom. The predicted molar refractivity (Wildman–Crippen MR) is 90.4 cm³/mol. The van der Waals surface area contributed by atoms with Crippen molar-refractivity contribution in [2.45, 2.75) is 31.8 Å². The molecule has 0 aromatic heterocycles. The molecule has 0 aromatic rings. The van der Waals surface area contributed by atoms with Gasteiger partial charge in [-0.1, -0.05) is 0 Å². The fourth-order valence-corrected chi connectivity index (χ4v) is 3.27. The Morgan fingerprint density at radius 3 is 2.52 bits per heavy atom. The Hall–Kier alpha value is -1.34. The van der Waals surface area contributed by atoms with E-state index in [1.807, 2.05) is 6.92 Å². The van der Waals surface area contributed by atoms with Crippen molar-refractivity contribution in [3.63, 3.8) is 0 Å². The molecule has 2 aliphatic heterocycles. The molecule has 2 fully saturated rings. The summed E-state index contributed by atoms with van der Waals surface area (Å²) in [6.07, 6.45) is 2.37. The van der Waals surface area contributed by atoms with Gasteiger partial charge in [0.1, 0.15) is 6.54 Å². The number of hydrogen-bond donors (Lipinski definition) is 1. The van der Waals surface area contributed by atoms with Crippen molar-refractivity contribution >= 4 is 11.9 Å². The molecule has 132 valence electrons. The summed E-state index contributed by atoms with van der Waals surface area (Å²) in [4.78, 5) is 32.0. The normalized spacial score (nSPS) is 24.4. The van der Waals surface area contributed by atoms with Crippen LogP contribution in [0.15, 0.2) is 0 Å². The largest absolute Gasteiger partial charge is 0.340 e. The molecule has 0 saturated carbocycles. The molecule has 7 heteroatoms. The van der Waals surface area contributed by atoms with Crippen LogP contribution in [0, 0.1) is 0 Å². The van der Waals surface area contributed by atoms with E-state index in [2.05, 4.69) is 29.2 Å². The molecule has 0 aromatic carbocycles. The summed E-state index contributed by atoms with van der Waals surface area (Å²) in [5.74, 6) is 0.00431. The zero-order valence-electron chi connectivity index (χ0n) is 14.9. The first-order valence-corrected chi connectivity index (χ1v) is 8.55. The van der Waals surface area contributed by atoms with Gasteiger partial charge in [0.15, 0.2) is 0 Å². The van der Waals surface area contributed by atoms with Crippen molar-refractivity contribution in [3.05, 3.63) is 0 Å². The molecule has 1 unspecified atom stereocenters. The van der Waals surface area contributed by atoms with Gasteiger partial charge < -0.3 is 24.9 Å². The van der Waals surface area contributed by atoms with Crippen LogP contribution in [0.1, 0.15) is 19.8 Å². The van der Waals surface area contributed by atoms with E-state index < -0.39 is 0 Å². The lowest BCUT2D eigenvalue weighted by Crippen LogP contribution is -2.57. The second-order valence-corrected chi connectivity index (χ2v) is 7.00. The first-order chi connectivity index (χ1) is 10.9. The molecule has 2 rings (SSSR count). The highest BCUT2D eigenvalue weighted by Gasteiger charge is 2.29. The Balaban J connectivity index is 1.67. The second kappa shape index (κ2) is 7.97. The Labute approximate surface area is 139 Å². The lowest BCUT2D eigenvalue weighted by atomic mass is 10.0. The SMILES string of the molecule is CC1CN(C(=O)NCCN2CCC(N(C)C)CC2)CC(=O)N1C. The summed E-state index contributed by atoms with van der Waals surface area (Å²) in [6, 6.07) is 0.632. The molecule has 0 radical (unpaired) electrons. The zero-order chi connectivity index (χ0) is 17.0. The summed E-state index contributed by atoms with van der Waals surface area (Å²) in [7, 11) is 6.07. The number of hydrogen-bond acceptors (Lipinski definition) is 4. The topological polar surface area (TPSA) is 59.1 Å². The van der Waals surface area contributed by atoms with Crippen molar-refractivity contribution in [2.75, 3.05) is 60.4 Å². The Morgan fingerprint density at radius 1 is 1.30 bits per heavy atom. The van der Waals surface area contributed by atoms with Crippen molar-refractivity contribution in [3.8, 4) is 0 Å². The number of amides is 3. The summed E-state index contributed by atoms with van der Waals surface area (Å²) in [6.45, 7) is 6.43. The van der Waals surface area contributed by atoms with Crippen molar-refractivity contribution in [1.29, 1.82) is 0 Å². The van der Waals surface area contributed by atoms with E-state index in [1.54, 1.807) is 16.8 Å². The number of carbonyl (C=O) groups is 2. The maximum absolute atomic E-state index is 12.2. The van der Waals surface area contributed by atoms with E-state index in [0.717, 1.165) is 19.6 Å². The molecule has 0 bridgehead atoms. The van der Waals surface area contributed by atoms with Crippen LogP contribution in [-0.2, 0) is 4.79 Å². The van der Waals surface area contributed by atoms with Crippen LogP contribution in [0.4, 0.5) is 4.79 Å². The highest BCUT2D eigenvalue weighted by atomic mass is 16.2. The number of nitrogens with one attached hydrogen (secondary N) is 1. The second-order valence-electron chi connectivity index (χ2n) is 7.00. The fraction of sp³-hybridized carbons (Fsp3) is 0.875. The minimum absolute atomic E-state index is 0.00431. The molecule has 23 heavy (non-hydrogen) atoms. The number of nitrogens with zero attached hydrogens (tertiary/aromatic N) is 4. The molecule has 2 heterocycles. The number of piperazine rings is 1. The monoisotopic (exact) mass is 325 g/mol. The van der Waals surface area contributed by atoms with E-state index in [9.17, 15) is 9.59 Å². The minimum Gasteiger partial charge on any atom is -0.340 e. The molecule has 0 spiro atoms. The van der Waals surface area contributed by atoms with Gasteiger partial charge in [-0.2, -0.15) is 0 Å². The number of urea groups is 1. The van der Waals surface area contributed by atoms with Crippen LogP contribution in [0.25, 0.3) is 0 Å². The summed E-state index contributed by atoms with van der Waals surface area (Å²) < 4.78 is 0. The lowest BCUT2D eigenvalue weighted by Gasteiger charge is -2.37. The smallest absolute Gasteiger partial charge is 0.317 e. The van der Waals surface area contributed by atoms with Gasteiger partial charge in [-0.25, -0.2) is 4.79 Å². The molecule has 2 aliphatic rings. The number of piperidine rings is 1. The standard InChI is InChI=1S/C16H31N5O2/c1-13-11-21(12-15(22)19(13)4)16(23)17-7-10-20-8-5-14(6-9-20)18(2)3/h13-14H,5-12H2,1-4H3,(H,17,23). The number of likely N-dealkylation sites (N-methyl/N-ethyl adjacent to an activating group) is 1. The average Bonchev–Trinajstić information content (AvgIpc) is 2.52. The Bertz CT molecular complexity index is 421. The van der Waals surface area contributed by atoms with Crippen LogP contribution in [0.5, 0.6) is 0 Å². The first-order valence-electron chi connectivity index (χ1n) is 8.55. The van der Waals surface area contributed by atoms with Gasteiger partial charge in [-0.3, -0.25) is 4.79 Å². The molecule has 7 nitrogen and oxygen atoms in total. The third-order valence-corrected chi connectivity index (χ3v) is 5.14. The predicted octanol–water partition coefficient (Wildman–Crippen LogP) is -0.115. The summed E-state index contributed by atoms with van der Waals surface area (Å²) in [5.41, 5.74) is 0. The quantitative estimate of drug-likeness (QED) is 0.783. The first kappa shape index (κ1) is 18.0. The average molecular weight is 325 g/mol. The van der Waals surface area contributed by atoms with Crippen LogP contribution in [0.2, 0.25) is 0 Å². The third-order valence-electron chi connectivity index (χ3n) is 5.14. The lowest BCUT2D eigenvalue weighted by molar-refractivity contribution is -0.135.